The molecule has 21 heavy (non-hydrogen) atoms. The van der Waals surface area contributed by atoms with Gasteiger partial charge >= 0.3 is 6.18 Å². The summed E-state index contributed by atoms with van der Waals surface area (Å²) in [7, 11) is 0. The Morgan fingerprint density at radius 1 is 1.10 bits per heavy atom. The highest BCUT2D eigenvalue weighted by molar-refractivity contribution is 9.10. The average Bonchev–Trinajstić information content (AvgIpc) is 2.82. The van der Waals surface area contributed by atoms with Gasteiger partial charge in [0.2, 0.25) is 0 Å². The zero-order valence-electron chi connectivity index (χ0n) is 10.4. The number of thiazole rings is 1. The van der Waals surface area contributed by atoms with Crippen LogP contribution in [0, 0.1) is 0 Å². The summed E-state index contributed by atoms with van der Waals surface area (Å²) >= 11 is 4.64. The van der Waals surface area contributed by atoms with Gasteiger partial charge in [-0.3, -0.25) is 0 Å². The average molecular weight is 373 g/mol. The quantitative estimate of drug-likeness (QED) is 0.612. The van der Waals surface area contributed by atoms with E-state index in [0.29, 0.717) is 15.3 Å². The van der Waals surface area contributed by atoms with Crippen LogP contribution in [0.2, 0.25) is 0 Å². The number of anilines is 2. The van der Waals surface area contributed by atoms with Crippen LogP contribution in [0.4, 0.5) is 24.0 Å². The fraction of sp³-hybridized carbons (Fsp3) is 0.0714. The third-order valence-corrected chi connectivity index (χ3v) is 4.47. The van der Waals surface area contributed by atoms with Crippen LogP contribution in [-0.2, 0) is 6.18 Å². The molecular formula is C14H8BrF3N2S. The zero-order chi connectivity index (χ0) is 15.0. The van der Waals surface area contributed by atoms with Gasteiger partial charge in [0.15, 0.2) is 5.13 Å². The lowest BCUT2D eigenvalue weighted by Gasteiger charge is -2.10. The molecule has 0 saturated carbocycles. The Balaban J connectivity index is 1.97. The van der Waals surface area contributed by atoms with E-state index in [2.05, 4.69) is 26.2 Å². The van der Waals surface area contributed by atoms with Crippen molar-refractivity contribution in [3.63, 3.8) is 0 Å². The Labute approximate surface area is 130 Å². The van der Waals surface area contributed by atoms with E-state index < -0.39 is 11.7 Å². The standard InChI is InChI=1S/C14H8BrF3N2S/c15-9-6-5-8(14(16,17)18)7-11(9)20-13-19-10-3-1-2-4-12(10)21-13/h1-7H,(H,19,20). The Morgan fingerprint density at radius 2 is 1.86 bits per heavy atom. The molecule has 0 bridgehead atoms. The van der Waals surface area contributed by atoms with Gasteiger partial charge in [0.05, 0.1) is 21.5 Å². The summed E-state index contributed by atoms with van der Waals surface area (Å²) in [5.74, 6) is 0. The first-order valence-corrected chi connectivity index (χ1v) is 7.54. The number of hydrogen-bond donors (Lipinski definition) is 1. The van der Waals surface area contributed by atoms with Crippen LogP contribution in [0.5, 0.6) is 0 Å². The largest absolute Gasteiger partial charge is 0.416 e. The van der Waals surface area contributed by atoms with Gasteiger partial charge in [-0.05, 0) is 46.3 Å². The molecule has 0 aliphatic carbocycles. The van der Waals surface area contributed by atoms with Gasteiger partial charge in [-0.1, -0.05) is 23.5 Å². The molecule has 1 heterocycles. The predicted octanol–water partition coefficient (Wildman–Crippen LogP) is 5.82. The van der Waals surface area contributed by atoms with E-state index in [-0.39, 0.29) is 0 Å². The van der Waals surface area contributed by atoms with Crippen molar-refractivity contribution in [2.24, 2.45) is 0 Å². The molecule has 0 fully saturated rings. The van der Waals surface area contributed by atoms with Crippen molar-refractivity contribution >= 4 is 48.3 Å². The third kappa shape index (κ3) is 3.03. The van der Waals surface area contributed by atoms with Crippen molar-refractivity contribution in [1.29, 1.82) is 0 Å². The van der Waals surface area contributed by atoms with E-state index in [9.17, 15) is 13.2 Å². The first kappa shape index (κ1) is 14.3. The topological polar surface area (TPSA) is 24.9 Å². The summed E-state index contributed by atoms with van der Waals surface area (Å²) in [5, 5.41) is 3.49. The Kier molecular flexibility index (Phi) is 3.62. The normalized spacial score (nSPS) is 11.8. The molecule has 7 heteroatoms. The van der Waals surface area contributed by atoms with Gasteiger partial charge in [-0.15, -0.1) is 0 Å². The van der Waals surface area contributed by atoms with Gasteiger partial charge in [-0.2, -0.15) is 13.2 Å². The number of hydrogen-bond acceptors (Lipinski definition) is 3. The maximum atomic E-state index is 12.7. The molecule has 108 valence electrons. The number of nitrogens with one attached hydrogen (secondary N) is 1. The highest BCUT2D eigenvalue weighted by atomic mass is 79.9. The lowest BCUT2D eigenvalue weighted by molar-refractivity contribution is -0.137. The number of benzene rings is 2. The van der Waals surface area contributed by atoms with Crippen LogP contribution in [0.1, 0.15) is 5.56 Å². The molecule has 0 spiro atoms. The minimum absolute atomic E-state index is 0.337. The van der Waals surface area contributed by atoms with Gasteiger partial charge in [0.25, 0.3) is 0 Å². The number of fused-ring (bicyclic) bond motifs is 1. The lowest BCUT2D eigenvalue weighted by atomic mass is 10.2. The van der Waals surface area contributed by atoms with E-state index in [1.807, 2.05) is 24.3 Å². The maximum Gasteiger partial charge on any atom is 0.416 e. The highest BCUT2D eigenvalue weighted by Crippen LogP contribution is 2.36. The molecular weight excluding hydrogens is 365 g/mol. The summed E-state index contributed by atoms with van der Waals surface area (Å²) < 4.78 is 39.8. The van der Waals surface area contributed by atoms with E-state index in [1.54, 1.807) is 0 Å². The number of halogens is 4. The van der Waals surface area contributed by atoms with Crippen molar-refractivity contribution in [1.82, 2.24) is 4.98 Å². The van der Waals surface area contributed by atoms with Crippen LogP contribution < -0.4 is 5.32 Å². The second-order valence-electron chi connectivity index (χ2n) is 4.30. The number of para-hydroxylation sites is 1. The Morgan fingerprint density at radius 3 is 2.57 bits per heavy atom. The molecule has 0 aliphatic rings. The fourth-order valence-electron chi connectivity index (χ4n) is 1.84. The SMILES string of the molecule is FC(F)(F)c1ccc(Br)c(Nc2nc3ccccc3s2)c1. The molecule has 3 aromatic rings. The van der Waals surface area contributed by atoms with E-state index in [4.69, 9.17) is 0 Å². The second-order valence-corrected chi connectivity index (χ2v) is 6.19. The first-order valence-electron chi connectivity index (χ1n) is 5.93. The molecule has 0 unspecified atom stereocenters. The first-order chi connectivity index (χ1) is 9.93. The number of nitrogens with zero attached hydrogens (tertiary/aromatic N) is 1. The number of rotatable bonds is 2. The van der Waals surface area contributed by atoms with Crippen LogP contribution in [0.15, 0.2) is 46.9 Å². The summed E-state index contributed by atoms with van der Waals surface area (Å²) in [5.41, 5.74) is 0.450. The molecule has 0 aliphatic heterocycles. The molecule has 0 radical (unpaired) electrons. The highest BCUT2D eigenvalue weighted by Gasteiger charge is 2.31. The second kappa shape index (κ2) is 5.31. The predicted molar refractivity (Wildman–Crippen MR) is 82.0 cm³/mol. The molecule has 2 nitrogen and oxygen atoms in total. The maximum absolute atomic E-state index is 12.7. The van der Waals surface area contributed by atoms with Crippen molar-refractivity contribution in [3.05, 3.63) is 52.5 Å². The van der Waals surface area contributed by atoms with Crippen molar-refractivity contribution in [2.45, 2.75) is 6.18 Å². The van der Waals surface area contributed by atoms with Gasteiger partial charge < -0.3 is 5.32 Å². The fourth-order valence-corrected chi connectivity index (χ4v) is 3.06. The summed E-state index contributed by atoms with van der Waals surface area (Å²) in [6, 6.07) is 11.0. The van der Waals surface area contributed by atoms with Crippen molar-refractivity contribution < 1.29 is 13.2 Å². The summed E-state index contributed by atoms with van der Waals surface area (Å²) in [6.07, 6.45) is -4.37. The van der Waals surface area contributed by atoms with E-state index >= 15 is 0 Å². The molecule has 0 atom stereocenters. The number of aromatic nitrogens is 1. The van der Waals surface area contributed by atoms with Crippen LogP contribution in [0.3, 0.4) is 0 Å². The summed E-state index contributed by atoms with van der Waals surface area (Å²) in [4.78, 5) is 4.35. The van der Waals surface area contributed by atoms with Gasteiger partial charge in [-0.25, -0.2) is 4.98 Å². The molecule has 0 saturated heterocycles. The minimum Gasteiger partial charge on any atom is -0.331 e. The van der Waals surface area contributed by atoms with Crippen molar-refractivity contribution in [2.75, 3.05) is 5.32 Å². The van der Waals surface area contributed by atoms with E-state index in [0.717, 1.165) is 22.3 Å². The minimum atomic E-state index is -4.37. The van der Waals surface area contributed by atoms with Crippen LogP contribution in [0.25, 0.3) is 10.2 Å². The smallest absolute Gasteiger partial charge is 0.331 e. The number of alkyl halides is 3. The van der Waals surface area contributed by atoms with Crippen molar-refractivity contribution in [3.8, 4) is 0 Å². The zero-order valence-corrected chi connectivity index (χ0v) is 12.8. The monoisotopic (exact) mass is 372 g/mol. The Bertz CT molecular complexity index is 765. The molecule has 1 N–H and O–H groups in total. The van der Waals surface area contributed by atoms with Gasteiger partial charge in [0.1, 0.15) is 0 Å². The van der Waals surface area contributed by atoms with E-state index in [1.165, 1.54) is 17.4 Å². The molecule has 1 aromatic heterocycles. The lowest BCUT2D eigenvalue weighted by Crippen LogP contribution is -2.05. The third-order valence-electron chi connectivity index (χ3n) is 2.83. The molecule has 3 rings (SSSR count). The molecule has 2 aromatic carbocycles. The Hall–Kier alpha value is -1.60. The van der Waals surface area contributed by atoms with Gasteiger partial charge in [0, 0.05) is 4.47 Å². The summed E-state index contributed by atoms with van der Waals surface area (Å²) in [6.45, 7) is 0. The van der Waals surface area contributed by atoms with Crippen LogP contribution >= 0.6 is 27.3 Å². The van der Waals surface area contributed by atoms with Crippen LogP contribution in [-0.4, -0.2) is 4.98 Å². The molecule has 0 amide bonds.